The predicted octanol–water partition coefficient (Wildman–Crippen LogP) is 4.64. The van der Waals surface area contributed by atoms with Crippen LogP contribution < -0.4 is 4.90 Å². The zero-order valence-corrected chi connectivity index (χ0v) is 13.6. The molecule has 1 aliphatic heterocycles. The maximum atomic E-state index is 6.07. The summed E-state index contributed by atoms with van der Waals surface area (Å²) >= 11 is 6.07. The highest BCUT2D eigenvalue weighted by atomic mass is 35.5. The fraction of sp³-hybridized carbons (Fsp3) is 0.389. The second-order valence-corrected chi connectivity index (χ2v) is 6.99. The van der Waals surface area contributed by atoms with Crippen molar-refractivity contribution in [2.75, 3.05) is 4.90 Å². The minimum atomic E-state index is 0.0311. The summed E-state index contributed by atoms with van der Waals surface area (Å²) in [6, 6.07) is 12.8. The van der Waals surface area contributed by atoms with Crippen molar-refractivity contribution >= 4 is 17.4 Å². The summed E-state index contributed by atoms with van der Waals surface area (Å²) in [6.45, 7) is 8.43. The molecule has 21 heavy (non-hydrogen) atoms. The number of alkyl halides is 1. The van der Waals surface area contributed by atoms with Crippen LogP contribution in [0.2, 0.25) is 0 Å². The van der Waals surface area contributed by atoms with Gasteiger partial charge >= 0.3 is 0 Å². The van der Waals surface area contributed by atoms with Crippen molar-refractivity contribution < 1.29 is 0 Å². The third kappa shape index (κ3) is 2.91. The third-order valence-electron chi connectivity index (χ3n) is 3.96. The lowest BCUT2D eigenvalue weighted by Crippen LogP contribution is -2.20. The van der Waals surface area contributed by atoms with Crippen LogP contribution in [0.25, 0.3) is 0 Å². The average Bonchev–Trinajstić information content (AvgIpc) is 2.89. The van der Waals surface area contributed by atoms with Crippen molar-refractivity contribution in [1.82, 2.24) is 4.98 Å². The van der Waals surface area contributed by atoms with Gasteiger partial charge in [0.1, 0.15) is 5.82 Å². The lowest BCUT2D eigenvalue weighted by Gasteiger charge is -2.23. The number of hydrogen-bond acceptors (Lipinski definition) is 2. The molecule has 110 valence electrons. The predicted molar refractivity (Wildman–Crippen MR) is 88.8 cm³/mol. The molecule has 1 aromatic heterocycles. The lowest BCUT2D eigenvalue weighted by molar-refractivity contribution is 0.567. The van der Waals surface area contributed by atoms with Crippen LogP contribution in [-0.4, -0.2) is 4.98 Å². The first kappa shape index (κ1) is 14.4. The Kier molecular flexibility index (Phi) is 3.66. The number of benzene rings is 1. The Morgan fingerprint density at radius 1 is 1.10 bits per heavy atom. The number of halogens is 1. The number of pyridine rings is 1. The zero-order chi connectivity index (χ0) is 15.0. The molecule has 0 saturated carbocycles. The monoisotopic (exact) mass is 300 g/mol. The molecular weight excluding hydrogens is 280 g/mol. The molecule has 1 aliphatic rings. The van der Waals surface area contributed by atoms with Gasteiger partial charge < -0.3 is 4.90 Å². The first-order chi connectivity index (χ1) is 9.97. The first-order valence-corrected chi connectivity index (χ1v) is 7.90. The zero-order valence-electron chi connectivity index (χ0n) is 12.9. The molecule has 0 saturated heterocycles. The smallest absolute Gasteiger partial charge is 0.129 e. The van der Waals surface area contributed by atoms with Crippen LogP contribution in [0, 0.1) is 0 Å². The number of anilines is 1. The van der Waals surface area contributed by atoms with Crippen LogP contribution in [0.15, 0.2) is 36.4 Å². The van der Waals surface area contributed by atoms with E-state index in [4.69, 9.17) is 16.6 Å². The van der Waals surface area contributed by atoms with E-state index in [9.17, 15) is 0 Å². The molecule has 0 radical (unpaired) electrons. The van der Waals surface area contributed by atoms with Crippen LogP contribution in [0.4, 0.5) is 5.82 Å². The van der Waals surface area contributed by atoms with E-state index in [1.807, 2.05) is 0 Å². The summed E-state index contributed by atoms with van der Waals surface area (Å²) in [7, 11) is 0. The van der Waals surface area contributed by atoms with Gasteiger partial charge in [-0.3, -0.25) is 0 Å². The summed E-state index contributed by atoms with van der Waals surface area (Å²) in [5, 5.41) is 0. The van der Waals surface area contributed by atoms with Gasteiger partial charge in [-0.1, -0.05) is 45.0 Å². The van der Waals surface area contributed by atoms with Gasteiger partial charge in [0.05, 0.1) is 0 Å². The number of hydrogen-bond donors (Lipinski definition) is 0. The molecule has 0 spiro atoms. The van der Waals surface area contributed by atoms with Gasteiger partial charge in [-0.2, -0.15) is 0 Å². The second kappa shape index (κ2) is 5.34. The first-order valence-electron chi connectivity index (χ1n) is 7.36. The minimum Gasteiger partial charge on any atom is -0.348 e. The van der Waals surface area contributed by atoms with Crippen molar-refractivity contribution in [3.63, 3.8) is 0 Å². The standard InChI is InChI=1S/C18H21ClN2/c1-18(2,3)16-8-13(10-19)9-17(20-16)21-11-14-6-4-5-7-15(14)12-21/h4-9H,10-12H2,1-3H3. The molecule has 0 atom stereocenters. The summed E-state index contributed by atoms with van der Waals surface area (Å²) in [5.74, 6) is 1.56. The quantitative estimate of drug-likeness (QED) is 0.751. The largest absolute Gasteiger partial charge is 0.348 e. The van der Waals surface area contributed by atoms with E-state index in [0.717, 1.165) is 30.2 Å². The SMILES string of the molecule is CC(C)(C)c1cc(CCl)cc(N2Cc3ccccc3C2)n1. The molecular formula is C18H21ClN2. The molecule has 2 aromatic rings. The Morgan fingerprint density at radius 2 is 1.71 bits per heavy atom. The number of nitrogens with zero attached hydrogens (tertiary/aromatic N) is 2. The second-order valence-electron chi connectivity index (χ2n) is 6.73. The van der Waals surface area contributed by atoms with E-state index >= 15 is 0 Å². The van der Waals surface area contributed by atoms with Gasteiger partial charge in [-0.05, 0) is 28.8 Å². The molecule has 3 rings (SSSR count). The molecule has 2 nitrogen and oxygen atoms in total. The highest BCUT2D eigenvalue weighted by molar-refractivity contribution is 6.17. The molecule has 0 fully saturated rings. The van der Waals surface area contributed by atoms with Gasteiger partial charge in [0.15, 0.2) is 0 Å². The van der Waals surface area contributed by atoms with Crippen LogP contribution in [0.1, 0.15) is 43.2 Å². The van der Waals surface area contributed by atoms with Crippen LogP contribution >= 0.6 is 11.6 Å². The van der Waals surface area contributed by atoms with Crippen molar-refractivity contribution in [3.05, 3.63) is 58.8 Å². The molecule has 0 bridgehead atoms. The maximum Gasteiger partial charge on any atom is 0.129 e. The molecule has 0 N–H and O–H groups in total. The summed E-state index contributed by atoms with van der Waals surface area (Å²) in [5.41, 5.74) is 5.07. The molecule has 3 heteroatoms. The summed E-state index contributed by atoms with van der Waals surface area (Å²) in [4.78, 5) is 7.21. The molecule has 0 aliphatic carbocycles. The highest BCUT2D eigenvalue weighted by Gasteiger charge is 2.23. The third-order valence-corrected chi connectivity index (χ3v) is 4.27. The Bertz CT molecular complexity index is 634. The molecule has 0 unspecified atom stereocenters. The number of fused-ring (bicyclic) bond motifs is 1. The maximum absolute atomic E-state index is 6.07. The molecule has 1 aromatic carbocycles. The van der Waals surface area contributed by atoms with E-state index in [1.54, 1.807) is 0 Å². The lowest BCUT2D eigenvalue weighted by atomic mass is 9.91. The summed E-state index contributed by atoms with van der Waals surface area (Å²) < 4.78 is 0. The Labute approximate surface area is 131 Å². The van der Waals surface area contributed by atoms with Crippen molar-refractivity contribution in [2.24, 2.45) is 0 Å². The van der Waals surface area contributed by atoms with E-state index < -0.39 is 0 Å². The van der Waals surface area contributed by atoms with Crippen molar-refractivity contribution in [1.29, 1.82) is 0 Å². The van der Waals surface area contributed by atoms with E-state index in [0.29, 0.717) is 5.88 Å². The molecule has 0 amide bonds. The Morgan fingerprint density at radius 3 is 2.24 bits per heavy atom. The Balaban J connectivity index is 1.97. The molecule has 2 heterocycles. The highest BCUT2D eigenvalue weighted by Crippen LogP contribution is 2.30. The van der Waals surface area contributed by atoms with Gasteiger partial charge in [-0.25, -0.2) is 4.98 Å². The van der Waals surface area contributed by atoms with E-state index in [-0.39, 0.29) is 5.41 Å². The van der Waals surface area contributed by atoms with Crippen LogP contribution in [0.5, 0.6) is 0 Å². The topological polar surface area (TPSA) is 16.1 Å². The van der Waals surface area contributed by atoms with Gasteiger partial charge in [0.2, 0.25) is 0 Å². The fourth-order valence-corrected chi connectivity index (χ4v) is 2.84. The van der Waals surface area contributed by atoms with Gasteiger partial charge in [0.25, 0.3) is 0 Å². The minimum absolute atomic E-state index is 0.0311. The van der Waals surface area contributed by atoms with Crippen LogP contribution in [-0.2, 0) is 24.4 Å². The van der Waals surface area contributed by atoms with Gasteiger partial charge in [0, 0.05) is 30.1 Å². The van der Waals surface area contributed by atoms with Crippen molar-refractivity contribution in [2.45, 2.75) is 45.2 Å². The number of rotatable bonds is 2. The van der Waals surface area contributed by atoms with Gasteiger partial charge in [-0.15, -0.1) is 11.6 Å². The van der Waals surface area contributed by atoms with Crippen molar-refractivity contribution in [3.8, 4) is 0 Å². The number of aromatic nitrogens is 1. The van der Waals surface area contributed by atoms with Crippen LogP contribution in [0.3, 0.4) is 0 Å². The average molecular weight is 301 g/mol. The summed E-state index contributed by atoms with van der Waals surface area (Å²) in [6.07, 6.45) is 0. The fourth-order valence-electron chi connectivity index (χ4n) is 2.69. The normalized spacial score (nSPS) is 14.4. The Hall–Kier alpha value is -1.54. The van der Waals surface area contributed by atoms with E-state index in [1.165, 1.54) is 11.1 Å². The van der Waals surface area contributed by atoms with E-state index in [2.05, 4.69) is 62.1 Å².